The molecule has 5 nitrogen and oxygen atoms in total. The predicted octanol–water partition coefficient (Wildman–Crippen LogP) is 2.15. The van der Waals surface area contributed by atoms with Gasteiger partial charge in [0, 0.05) is 24.2 Å². The topological polar surface area (TPSA) is 70.2 Å². The number of imide groups is 1. The summed E-state index contributed by atoms with van der Waals surface area (Å²) in [5, 5.41) is 9.17. The van der Waals surface area contributed by atoms with Crippen LogP contribution >= 0.6 is 0 Å². The van der Waals surface area contributed by atoms with Crippen molar-refractivity contribution in [1.82, 2.24) is 10.6 Å². The van der Waals surface area contributed by atoms with Gasteiger partial charge in [-0.25, -0.2) is 0 Å². The van der Waals surface area contributed by atoms with Crippen molar-refractivity contribution >= 4 is 17.5 Å². The first-order valence-corrected chi connectivity index (χ1v) is 8.47. The van der Waals surface area contributed by atoms with Gasteiger partial charge >= 0.3 is 0 Å². The molecule has 0 radical (unpaired) electrons. The fourth-order valence-electron chi connectivity index (χ4n) is 3.73. The molecule has 2 aliphatic rings. The van der Waals surface area contributed by atoms with Crippen LogP contribution in [0.5, 0.6) is 0 Å². The lowest BCUT2D eigenvalue weighted by atomic mass is 9.84. The number of amides is 2. The van der Waals surface area contributed by atoms with E-state index in [0.29, 0.717) is 30.8 Å². The van der Waals surface area contributed by atoms with Gasteiger partial charge in [0.2, 0.25) is 11.8 Å². The van der Waals surface area contributed by atoms with Crippen molar-refractivity contribution in [2.24, 2.45) is 0 Å². The summed E-state index contributed by atoms with van der Waals surface area (Å²) in [5.74, 6) is 0.176. The lowest BCUT2D eigenvalue weighted by Crippen LogP contribution is -2.47. The van der Waals surface area contributed by atoms with E-state index in [1.807, 2.05) is 12.1 Å². The SMILES string of the molecule is CC1CC(c2ccc(NC3CCC(=O)NC3=O)cc2)CC(C)N1. The second-order valence-electron chi connectivity index (χ2n) is 6.91. The highest BCUT2D eigenvalue weighted by Gasteiger charge is 2.27. The van der Waals surface area contributed by atoms with E-state index in [9.17, 15) is 9.59 Å². The minimum absolute atomic E-state index is 0.183. The second-order valence-corrected chi connectivity index (χ2v) is 6.91. The quantitative estimate of drug-likeness (QED) is 0.748. The third-order valence-electron chi connectivity index (χ3n) is 4.81. The van der Waals surface area contributed by atoms with E-state index in [2.05, 4.69) is 41.9 Å². The summed E-state index contributed by atoms with van der Waals surface area (Å²) in [6.45, 7) is 4.48. The number of nitrogens with one attached hydrogen (secondary N) is 3. The van der Waals surface area contributed by atoms with Crippen molar-refractivity contribution in [3.63, 3.8) is 0 Å². The van der Waals surface area contributed by atoms with E-state index < -0.39 is 0 Å². The molecule has 2 aliphatic heterocycles. The minimum Gasteiger partial charge on any atom is -0.374 e. The lowest BCUT2D eigenvalue weighted by Gasteiger charge is -2.33. The largest absolute Gasteiger partial charge is 0.374 e. The Hall–Kier alpha value is -1.88. The van der Waals surface area contributed by atoms with Crippen molar-refractivity contribution in [3.8, 4) is 0 Å². The molecule has 5 heteroatoms. The standard InChI is InChI=1S/C18H25N3O2/c1-11-9-14(10-12(2)19-11)13-3-5-15(6-4-13)20-16-7-8-17(22)21-18(16)23/h3-6,11-12,14,16,19-20H,7-10H2,1-2H3,(H,21,22,23). The highest BCUT2D eigenvalue weighted by atomic mass is 16.2. The van der Waals surface area contributed by atoms with Gasteiger partial charge < -0.3 is 10.6 Å². The van der Waals surface area contributed by atoms with Crippen LogP contribution in [0.3, 0.4) is 0 Å². The zero-order valence-electron chi connectivity index (χ0n) is 13.8. The monoisotopic (exact) mass is 315 g/mol. The van der Waals surface area contributed by atoms with Crippen LogP contribution in [-0.2, 0) is 9.59 Å². The normalized spacial score (nSPS) is 31.6. The van der Waals surface area contributed by atoms with Gasteiger partial charge in [-0.1, -0.05) is 12.1 Å². The van der Waals surface area contributed by atoms with Gasteiger partial charge in [0.15, 0.2) is 0 Å². The molecular formula is C18H25N3O2. The Morgan fingerprint density at radius 1 is 1.04 bits per heavy atom. The van der Waals surface area contributed by atoms with Crippen molar-refractivity contribution in [2.45, 2.75) is 63.6 Å². The maximum atomic E-state index is 11.8. The molecule has 1 aromatic carbocycles. The minimum atomic E-state index is -0.322. The molecule has 0 spiro atoms. The average Bonchev–Trinajstić information content (AvgIpc) is 2.50. The lowest BCUT2D eigenvalue weighted by molar-refractivity contribution is -0.133. The summed E-state index contributed by atoms with van der Waals surface area (Å²) in [5.41, 5.74) is 2.29. The molecule has 23 heavy (non-hydrogen) atoms. The van der Waals surface area contributed by atoms with E-state index in [-0.39, 0.29) is 17.9 Å². The molecule has 124 valence electrons. The average molecular weight is 315 g/mol. The Labute approximate surface area is 137 Å². The smallest absolute Gasteiger partial charge is 0.249 e. The molecule has 2 amide bonds. The van der Waals surface area contributed by atoms with E-state index in [1.165, 1.54) is 5.56 Å². The van der Waals surface area contributed by atoms with Crippen LogP contribution in [0.15, 0.2) is 24.3 Å². The van der Waals surface area contributed by atoms with E-state index in [0.717, 1.165) is 18.5 Å². The zero-order valence-corrected chi connectivity index (χ0v) is 13.8. The van der Waals surface area contributed by atoms with Crippen molar-refractivity contribution in [3.05, 3.63) is 29.8 Å². The number of piperidine rings is 2. The molecule has 3 rings (SSSR count). The fraction of sp³-hybridized carbons (Fsp3) is 0.556. The fourth-order valence-corrected chi connectivity index (χ4v) is 3.73. The summed E-state index contributed by atoms with van der Waals surface area (Å²) in [6, 6.07) is 9.16. The highest BCUT2D eigenvalue weighted by molar-refractivity contribution is 6.01. The number of benzene rings is 1. The molecule has 0 aromatic heterocycles. The van der Waals surface area contributed by atoms with Gasteiger partial charge in [0.1, 0.15) is 6.04 Å². The first-order chi connectivity index (χ1) is 11.0. The first kappa shape index (κ1) is 16.0. The number of carbonyl (C=O) groups excluding carboxylic acids is 2. The highest BCUT2D eigenvalue weighted by Crippen LogP contribution is 2.31. The molecule has 0 bridgehead atoms. The van der Waals surface area contributed by atoms with Gasteiger partial charge in [0.05, 0.1) is 0 Å². The number of hydrogen-bond donors (Lipinski definition) is 3. The van der Waals surface area contributed by atoms with Gasteiger partial charge in [-0.2, -0.15) is 0 Å². The van der Waals surface area contributed by atoms with E-state index in [1.54, 1.807) is 0 Å². The molecule has 0 saturated carbocycles. The molecule has 1 aromatic rings. The van der Waals surface area contributed by atoms with E-state index in [4.69, 9.17) is 0 Å². The second kappa shape index (κ2) is 6.71. The molecule has 0 aliphatic carbocycles. The summed E-state index contributed by atoms with van der Waals surface area (Å²) >= 11 is 0. The van der Waals surface area contributed by atoms with Crippen LogP contribution in [0.1, 0.15) is 51.0 Å². The molecule has 2 fully saturated rings. The molecule has 2 saturated heterocycles. The predicted molar refractivity (Wildman–Crippen MR) is 90.3 cm³/mol. The number of hydrogen-bond acceptors (Lipinski definition) is 4. The first-order valence-electron chi connectivity index (χ1n) is 8.47. The molecule has 3 N–H and O–H groups in total. The Morgan fingerprint density at radius 2 is 1.70 bits per heavy atom. The Balaban J connectivity index is 1.63. The Kier molecular flexibility index (Phi) is 4.66. The Morgan fingerprint density at radius 3 is 2.30 bits per heavy atom. The Bertz CT molecular complexity index is 574. The van der Waals surface area contributed by atoms with Gasteiger partial charge in [0.25, 0.3) is 0 Å². The van der Waals surface area contributed by atoms with Crippen molar-refractivity contribution < 1.29 is 9.59 Å². The summed E-state index contributed by atoms with van der Waals surface area (Å²) in [4.78, 5) is 23.0. The zero-order chi connectivity index (χ0) is 16.4. The molecule has 3 atom stereocenters. The molecule has 2 heterocycles. The number of carbonyl (C=O) groups is 2. The third-order valence-corrected chi connectivity index (χ3v) is 4.81. The number of rotatable bonds is 3. The van der Waals surface area contributed by atoms with Crippen LogP contribution in [0.4, 0.5) is 5.69 Å². The maximum absolute atomic E-state index is 11.8. The van der Waals surface area contributed by atoms with Gasteiger partial charge in [-0.3, -0.25) is 14.9 Å². The van der Waals surface area contributed by atoms with Crippen LogP contribution in [0.25, 0.3) is 0 Å². The van der Waals surface area contributed by atoms with Crippen LogP contribution in [0, 0.1) is 0 Å². The van der Waals surface area contributed by atoms with Gasteiger partial charge in [-0.15, -0.1) is 0 Å². The van der Waals surface area contributed by atoms with E-state index >= 15 is 0 Å². The van der Waals surface area contributed by atoms with Crippen molar-refractivity contribution in [1.29, 1.82) is 0 Å². The third kappa shape index (κ3) is 3.91. The van der Waals surface area contributed by atoms with Crippen LogP contribution < -0.4 is 16.0 Å². The van der Waals surface area contributed by atoms with Crippen LogP contribution in [0.2, 0.25) is 0 Å². The van der Waals surface area contributed by atoms with Crippen molar-refractivity contribution in [2.75, 3.05) is 5.32 Å². The van der Waals surface area contributed by atoms with Crippen LogP contribution in [-0.4, -0.2) is 29.9 Å². The number of anilines is 1. The molecular weight excluding hydrogens is 290 g/mol. The summed E-state index contributed by atoms with van der Waals surface area (Å²) in [7, 11) is 0. The summed E-state index contributed by atoms with van der Waals surface area (Å²) in [6.07, 6.45) is 3.26. The maximum Gasteiger partial charge on any atom is 0.249 e. The summed E-state index contributed by atoms with van der Waals surface area (Å²) < 4.78 is 0. The molecule has 3 unspecified atom stereocenters. The van der Waals surface area contributed by atoms with Gasteiger partial charge in [-0.05, 0) is 56.7 Å².